The van der Waals surface area contributed by atoms with Crippen LogP contribution in [0.4, 0.5) is 0 Å². The summed E-state index contributed by atoms with van der Waals surface area (Å²) < 4.78 is 0. The number of hydrogen-bond acceptors (Lipinski definition) is 3. The molecule has 4 nitrogen and oxygen atoms in total. The number of nitrogens with two attached hydrogens (primary N) is 1. The zero-order chi connectivity index (χ0) is 11.4. The predicted octanol–water partition coefficient (Wildman–Crippen LogP) is -0.0235. The predicted molar refractivity (Wildman–Crippen MR) is 62.1 cm³/mol. The Bertz CT molecular complexity index is 226. The van der Waals surface area contributed by atoms with Crippen LogP contribution in [-0.4, -0.2) is 43.0 Å². The van der Waals surface area contributed by atoms with Gasteiger partial charge in [-0.1, -0.05) is 12.2 Å². The fourth-order valence-corrected chi connectivity index (χ4v) is 0.819. The molecule has 0 aromatic heterocycles. The summed E-state index contributed by atoms with van der Waals surface area (Å²) >= 11 is 4.82. The molecule has 0 heterocycles. The number of rotatable bonds is 5. The van der Waals surface area contributed by atoms with Crippen LogP contribution in [0.25, 0.3) is 0 Å². The normalized spacial score (nSPS) is 11.5. The Hall–Kier alpha value is -0.680. The molecular formula is C9H19N3OS. The van der Waals surface area contributed by atoms with Gasteiger partial charge in [0.1, 0.15) is 0 Å². The molecule has 0 spiro atoms. The second-order valence-electron chi connectivity index (χ2n) is 4.05. The van der Waals surface area contributed by atoms with Crippen molar-refractivity contribution in [2.45, 2.75) is 13.8 Å². The maximum atomic E-state index is 11.6. The van der Waals surface area contributed by atoms with E-state index in [1.165, 1.54) is 0 Å². The van der Waals surface area contributed by atoms with E-state index in [1.807, 2.05) is 19.0 Å². The van der Waals surface area contributed by atoms with Crippen LogP contribution in [0.15, 0.2) is 0 Å². The third-order valence-electron chi connectivity index (χ3n) is 2.03. The minimum absolute atomic E-state index is 0.119. The van der Waals surface area contributed by atoms with Crippen LogP contribution < -0.4 is 11.1 Å². The molecule has 0 aliphatic rings. The number of carbonyl (C=O) groups excluding carboxylic acids is 1. The van der Waals surface area contributed by atoms with E-state index < -0.39 is 5.41 Å². The van der Waals surface area contributed by atoms with Crippen molar-refractivity contribution in [3.63, 3.8) is 0 Å². The average Bonchev–Trinajstić information content (AvgIpc) is 2.02. The smallest absolute Gasteiger partial charge is 0.232 e. The zero-order valence-electron chi connectivity index (χ0n) is 9.26. The SMILES string of the molecule is CN(C)CCNC(=O)C(C)(C)C(N)=S. The van der Waals surface area contributed by atoms with Crippen LogP contribution in [0.3, 0.4) is 0 Å². The van der Waals surface area contributed by atoms with Gasteiger partial charge in [-0.2, -0.15) is 0 Å². The first kappa shape index (κ1) is 13.3. The molecule has 3 N–H and O–H groups in total. The van der Waals surface area contributed by atoms with Gasteiger partial charge < -0.3 is 16.0 Å². The van der Waals surface area contributed by atoms with Gasteiger partial charge in [0.2, 0.25) is 5.91 Å². The van der Waals surface area contributed by atoms with Crippen molar-refractivity contribution in [1.82, 2.24) is 10.2 Å². The summed E-state index contributed by atoms with van der Waals surface area (Å²) in [5.74, 6) is -0.119. The van der Waals surface area contributed by atoms with E-state index >= 15 is 0 Å². The highest BCUT2D eigenvalue weighted by atomic mass is 32.1. The molecule has 0 atom stereocenters. The van der Waals surface area contributed by atoms with Crippen molar-refractivity contribution >= 4 is 23.1 Å². The highest BCUT2D eigenvalue weighted by molar-refractivity contribution is 7.80. The standard InChI is InChI=1S/C9H19N3OS/c1-9(2,7(10)14)8(13)11-5-6-12(3)4/h5-6H2,1-4H3,(H2,10,14)(H,11,13). The molecule has 0 radical (unpaired) electrons. The molecule has 0 aliphatic heterocycles. The maximum Gasteiger partial charge on any atom is 0.232 e. The molecule has 5 heteroatoms. The van der Waals surface area contributed by atoms with Crippen molar-refractivity contribution < 1.29 is 4.79 Å². The molecule has 0 aromatic rings. The van der Waals surface area contributed by atoms with Crippen LogP contribution in [0.2, 0.25) is 0 Å². The number of likely N-dealkylation sites (N-methyl/N-ethyl adjacent to an activating group) is 1. The molecule has 0 aromatic carbocycles. The van der Waals surface area contributed by atoms with Gasteiger partial charge in [-0.15, -0.1) is 0 Å². The van der Waals surface area contributed by atoms with Gasteiger partial charge in [0.05, 0.1) is 10.4 Å². The van der Waals surface area contributed by atoms with Crippen LogP contribution >= 0.6 is 12.2 Å². The number of nitrogens with one attached hydrogen (secondary N) is 1. The van der Waals surface area contributed by atoms with Crippen molar-refractivity contribution in [2.24, 2.45) is 11.1 Å². The van der Waals surface area contributed by atoms with Crippen LogP contribution in [-0.2, 0) is 4.79 Å². The van der Waals surface area contributed by atoms with Crippen molar-refractivity contribution in [3.05, 3.63) is 0 Å². The molecule has 14 heavy (non-hydrogen) atoms. The number of nitrogens with zero attached hydrogens (tertiary/aromatic N) is 1. The maximum absolute atomic E-state index is 11.6. The van der Waals surface area contributed by atoms with Crippen molar-refractivity contribution in [1.29, 1.82) is 0 Å². The van der Waals surface area contributed by atoms with Gasteiger partial charge in [0.25, 0.3) is 0 Å². The molecule has 0 saturated carbocycles. The van der Waals surface area contributed by atoms with Gasteiger partial charge in [-0.05, 0) is 27.9 Å². The van der Waals surface area contributed by atoms with E-state index in [2.05, 4.69) is 5.32 Å². The van der Waals surface area contributed by atoms with E-state index in [9.17, 15) is 4.79 Å². The largest absolute Gasteiger partial charge is 0.392 e. The van der Waals surface area contributed by atoms with Crippen LogP contribution in [0, 0.1) is 5.41 Å². The van der Waals surface area contributed by atoms with E-state index in [0.29, 0.717) is 6.54 Å². The Morgan fingerprint density at radius 3 is 2.36 bits per heavy atom. The minimum atomic E-state index is -0.762. The average molecular weight is 217 g/mol. The topological polar surface area (TPSA) is 58.4 Å². The third kappa shape index (κ3) is 4.02. The molecule has 0 aliphatic carbocycles. The number of carbonyl (C=O) groups is 1. The second kappa shape index (κ2) is 5.26. The van der Waals surface area contributed by atoms with E-state index in [-0.39, 0.29) is 10.9 Å². The summed E-state index contributed by atoms with van der Waals surface area (Å²) in [6.45, 7) is 4.86. The highest BCUT2D eigenvalue weighted by Crippen LogP contribution is 2.14. The molecule has 0 saturated heterocycles. The van der Waals surface area contributed by atoms with Crippen LogP contribution in [0.1, 0.15) is 13.8 Å². The van der Waals surface area contributed by atoms with Gasteiger partial charge in [-0.25, -0.2) is 0 Å². The molecular weight excluding hydrogens is 198 g/mol. The lowest BCUT2D eigenvalue weighted by Crippen LogP contribution is -2.46. The lowest BCUT2D eigenvalue weighted by Gasteiger charge is -2.22. The summed E-state index contributed by atoms with van der Waals surface area (Å²) in [5.41, 5.74) is 4.70. The summed E-state index contributed by atoms with van der Waals surface area (Å²) in [6, 6.07) is 0. The van der Waals surface area contributed by atoms with Crippen molar-refractivity contribution in [3.8, 4) is 0 Å². The Morgan fingerprint density at radius 2 is 2.00 bits per heavy atom. The number of thiocarbonyl (C=S) groups is 1. The Labute approximate surface area is 90.8 Å². The number of hydrogen-bond donors (Lipinski definition) is 2. The molecule has 0 unspecified atom stereocenters. The summed E-state index contributed by atoms with van der Waals surface area (Å²) in [4.78, 5) is 13.8. The van der Waals surface area contributed by atoms with E-state index in [1.54, 1.807) is 13.8 Å². The fraction of sp³-hybridized carbons (Fsp3) is 0.778. The molecule has 0 rings (SSSR count). The van der Waals surface area contributed by atoms with Gasteiger partial charge in [0, 0.05) is 13.1 Å². The molecule has 0 bridgehead atoms. The van der Waals surface area contributed by atoms with Crippen molar-refractivity contribution in [2.75, 3.05) is 27.2 Å². The fourth-order valence-electron chi connectivity index (χ4n) is 0.726. The quantitative estimate of drug-likeness (QED) is 0.635. The minimum Gasteiger partial charge on any atom is -0.392 e. The highest BCUT2D eigenvalue weighted by Gasteiger charge is 2.30. The van der Waals surface area contributed by atoms with Gasteiger partial charge in [-0.3, -0.25) is 4.79 Å². The summed E-state index contributed by atoms with van der Waals surface area (Å²) in [7, 11) is 3.90. The Morgan fingerprint density at radius 1 is 1.50 bits per heavy atom. The van der Waals surface area contributed by atoms with E-state index in [0.717, 1.165) is 6.54 Å². The number of amides is 1. The zero-order valence-corrected chi connectivity index (χ0v) is 10.1. The van der Waals surface area contributed by atoms with Crippen LogP contribution in [0.5, 0.6) is 0 Å². The summed E-state index contributed by atoms with van der Waals surface area (Å²) in [6.07, 6.45) is 0. The molecule has 0 fully saturated rings. The van der Waals surface area contributed by atoms with Gasteiger partial charge in [0.15, 0.2) is 0 Å². The second-order valence-corrected chi connectivity index (χ2v) is 4.49. The van der Waals surface area contributed by atoms with Gasteiger partial charge >= 0.3 is 0 Å². The lowest BCUT2D eigenvalue weighted by molar-refractivity contribution is -0.126. The Kier molecular flexibility index (Phi) is 5.01. The third-order valence-corrected chi connectivity index (χ3v) is 2.54. The molecule has 1 amide bonds. The lowest BCUT2D eigenvalue weighted by atomic mass is 9.92. The van der Waals surface area contributed by atoms with E-state index in [4.69, 9.17) is 18.0 Å². The summed E-state index contributed by atoms with van der Waals surface area (Å²) in [5, 5.41) is 2.79. The monoisotopic (exact) mass is 217 g/mol. The Balaban J connectivity index is 4.03. The first-order valence-corrected chi connectivity index (χ1v) is 4.92. The first-order chi connectivity index (χ1) is 6.28. The first-order valence-electron chi connectivity index (χ1n) is 4.51. The molecule has 82 valence electrons.